The van der Waals surface area contributed by atoms with Crippen molar-refractivity contribution in [3.63, 3.8) is 0 Å². The third-order valence-electron chi connectivity index (χ3n) is 4.44. The van der Waals surface area contributed by atoms with Crippen molar-refractivity contribution in [1.82, 2.24) is 4.90 Å². The van der Waals surface area contributed by atoms with Gasteiger partial charge in [0.05, 0.1) is 5.69 Å². The highest BCUT2D eigenvalue weighted by atomic mass is 16.3. The van der Waals surface area contributed by atoms with Gasteiger partial charge in [-0.2, -0.15) is 0 Å². The van der Waals surface area contributed by atoms with Crippen molar-refractivity contribution in [3.05, 3.63) is 23.8 Å². The Bertz CT molecular complexity index is 566. The van der Waals surface area contributed by atoms with Gasteiger partial charge < -0.3 is 15.3 Å². The zero-order valence-corrected chi connectivity index (χ0v) is 14.5. The largest absolute Gasteiger partial charge is 0.508 e. The molecule has 2 N–H and O–H groups in total. The average Bonchev–Trinajstić information content (AvgIpc) is 2.56. The van der Waals surface area contributed by atoms with Crippen LogP contribution in [0.15, 0.2) is 18.2 Å². The number of rotatable bonds is 8. The summed E-state index contributed by atoms with van der Waals surface area (Å²) in [5.41, 5.74) is 0.861. The number of carbonyl (C=O) groups excluding carboxylic acids is 2. The maximum absolute atomic E-state index is 12.4. The first-order chi connectivity index (χ1) is 11.6. The number of anilines is 1. The number of carbonyl (C=O) groups is 2. The van der Waals surface area contributed by atoms with Gasteiger partial charge in [-0.05, 0) is 63.5 Å². The van der Waals surface area contributed by atoms with Crippen molar-refractivity contribution in [1.29, 1.82) is 0 Å². The molecule has 1 saturated heterocycles. The number of ketones is 1. The second kappa shape index (κ2) is 9.42. The van der Waals surface area contributed by atoms with Crippen LogP contribution in [0.2, 0.25) is 0 Å². The molecule has 1 aromatic carbocycles. The third-order valence-corrected chi connectivity index (χ3v) is 4.44. The maximum Gasteiger partial charge on any atom is 0.221 e. The number of aromatic hydroxyl groups is 1. The van der Waals surface area contributed by atoms with Gasteiger partial charge in [-0.3, -0.25) is 9.59 Å². The molecule has 0 atom stereocenters. The number of Topliss-reactive ketones (excluding diaryl/α,β-unsaturated/α-hetero) is 1. The molecule has 2 rings (SSSR count). The lowest BCUT2D eigenvalue weighted by molar-refractivity contribution is -0.114. The summed E-state index contributed by atoms with van der Waals surface area (Å²) < 4.78 is 0. The van der Waals surface area contributed by atoms with Crippen LogP contribution in [0.25, 0.3) is 0 Å². The quantitative estimate of drug-likeness (QED) is 0.434. The Morgan fingerprint density at radius 2 is 1.88 bits per heavy atom. The average molecular weight is 332 g/mol. The minimum atomic E-state index is -0.226. The number of benzene rings is 1. The van der Waals surface area contributed by atoms with Crippen LogP contribution in [-0.2, 0) is 4.79 Å². The van der Waals surface area contributed by atoms with Crippen LogP contribution in [0, 0.1) is 0 Å². The Labute approximate surface area is 144 Å². The van der Waals surface area contributed by atoms with Crippen molar-refractivity contribution in [2.45, 2.75) is 51.9 Å². The molecule has 0 unspecified atom stereocenters. The summed E-state index contributed by atoms with van der Waals surface area (Å²) >= 11 is 0. The second-order valence-corrected chi connectivity index (χ2v) is 6.55. The van der Waals surface area contributed by atoms with Crippen molar-refractivity contribution in [3.8, 4) is 5.75 Å². The van der Waals surface area contributed by atoms with E-state index in [9.17, 15) is 14.7 Å². The molecule has 24 heavy (non-hydrogen) atoms. The Balaban J connectivity index is 1.77. The van der Waals surface area contributed by atoms with Crippen LogP contribution < -0.4 is 5.32 Å². The molecule has 1 heterocycles. The minimum absolute atomic E-state index is 0.0346. The molecular weight excluding hydrogens is 304 g/mol. The molecule has 0 saturated carbocycles. The topological polar surface area (TPSA) is 69.6 Å². The highest BCUT2D eigenvalue weighted by molar-refractivity contribution is 6.04. The number of nitrogens with zero attached hydrogens (tertiary/aromatic N) is 1. The van der Waals surface area contributed by atoms with Gasteiger partial charge in [0.25, 0.3) is 0 Å². The van der Waals surface area contributed by atoms with E-state index in [0.29, 0.717) is 17.7 Å². The lowest BCUT2D eigenvalue weighted by Gasteiger charge is -2.26. The zero-order chi connectivity index (χ0) is 17.4. The van der Waals surface area contributed by atoms with E-state index in [1.54, 1.807) is 6.07 Å². The molecule has 132 valence electrons. The van der Waals surface area contributed by atoms with Gasteiger partial charge >= 0.3 is 0 Å². The monoisotopic (exact) mass is 332 g/mol. The van der Waals surface area contributed by atoms with E-state index in [4.69, 9.17) is 0 Å². The molecule has 0 aromatic heterocycles. The minimum Gasteiger partial charge on any atom is -0.508 e. The number of likely N-dealkylation sites (tertiary alicyclic amines) is 1. The van der Waals surface area contributed by atoms with Gasteiger partial charge in [0.2, 0.25) is 5.91 Å². The van der Waals surface area contributed by atoms with Gasteiger partial charge in [0.15, 0.2) is 5.78 Å². The van der Waals surface area contributed by atoms with Gasteiger partial charge in [-0.25, -0.2) is 0 Å². The lowest BCUT2D eigenvalue weighted by Crippen LogP contribution is -2.30. The zero-order valence-electron chi connectivity index (χ0n) is 14.5. The van der Waals surface area contributed by atoms with Crippen LogP contribution >= 0.6 is 0 Å². The van der Waals surface area contributed by atoms with Crippen LogP contribution in [-0.4, -0.2) is 41.3 Å². The summed E-state index contributed by atoms with van der Waals surface area (Å²) in [4.78, 5) is 26.1. The first-order valence-electron chi connectivity index (χ1n) is 8.92. The fourth-order valence-corrected chi connectivity index (χ4v) is 3.18. The predicted molar refractivity (Wildman–Crippen MR) is 95.5 cm³/mol. The third kappa shape index (κ3) is 5.96. The Kier molecular flexibility index (Phi) is 7.25. The number of phenols is 1. The van der Waals surface area contributed by atoms with Crippen molar-refractivity contribution >= 4 is 17.4 Å². The molecule has 1 aliphatic rings. The van der Waals surface area contributed by atoms with Crippen molar-refractivity contribution in [2.75, 3.05) is 25.0 Å². The van der Waals surface area contributed by atoms with Crippen LogP contribution in [0.3, 0.4) is 0 Å². The molecule has 1 aromatic rings. The normalized spacial score (nSPS) is 15.2. The first kappa shape index (κ1) is 18.5. The molecule has 0 spiro atoms. The summed E-state index contributed by atoms with van der Waals surface area (Å²) in [6.07, 6.45) is 7.38. The smallest absolute Gasteiger partial charge is 0.221 e. The highest BCUT2D eigenvalue weighted by Gasteiger charge is 2.14. The van der Waals surface area contributed by atoms with Crippen LogP contribution in [0.5, 0.6) is 5.75 Å². The van der Waals surface area contributed by atoms with Crippen molar-refractivity contribution < 1.29 is 14.7 Å². The van der Waals surface area contributed by atoms with Gasteiger partial charge in [0.1, 0.15) is 5.75 Å². The summed E-state index contributed by atoms with van der Waals surface area (Å²) in [7, 11) is 0. The number of amides is 1. The summed E-state index contributed by atoms with van der Waals surface area (Å²) in [5, 5.41) is 12.3. The second-order valence-electron chi connectivity index (χ2n) is 6.55. The molecule has 1 aliphatic heterocycles. The number of unbranched alkanes of at least 4 members (excludes halogenated alkanes) is 2. The molecule has 0 bridgehead atoms. The van der Waals surface area contributed by atoms with E-state index in [1.165, 1.54) is 51.4 Å². The van der Waals surface area contributed by atoms with E-state index >= 15 is 0 Å². The number of hydrogen-bond donors (Lipinski definition) is 2. The molecule has 5 heteroatoms. The Hall–Kier alpha value is -1.88. The lowest BCUT2D eigenvalue weighted by atomic mass is 10.0. The predicted octanol–water partition coefficient (Wildman–Crippen LogP) is 3.58. The highest BCUT2D eigenvalue weighted by Crippen LogP contribution is 2.23. The molecule has 5 nitrogen and oxygen atoms in total. The Morgan fingerprint density at radius 3 is 2.58 bits per heavy atom. The number of hydrogen-bond acceptors (Lipinski definition) is 4. The number of phenolic OH excluding ortho intramolecular Hbond substituents is 1. The first-order valence-corrected chi connectivity index (χ1v) is 8.92. The standard InChI is InChI=1S/C19H28N2O3/c1-15(22)20-18-10-9-16(23)14-17(18)19(24)8-4-2-5-11-21-12-6-3-7-13-21/h9-10,14,23H,2-8,11-13H2,1H3,(H,20,22). The van der Waals surface area contributed by atoms with Gasteiger partial charge in [-0.15, -0.1) is 0 Å². The van der Waals surface area contributed by atoms with E-state index in [0.717, 1.165) is 25.8 Å². The van der Waals surface area contributed by atoms with E-state index in [-0.39, 0.29) is 17.4 Å². The van der Waals surface area contributed by atoms with Crippen LogP contribution in [0.4, 0.5) is 5.69 Å². The fraction of sp³-hybridized carbons (Fsp3) is 0.579. The van der Waals surface area contributed by atoms with Crippen LogP contribution in [0.1, 0.15) is 62.2 Å². The SMILES string of the molecule is CC(=O)Nc1ccc(O)cc1C(=O)CCCCCN1CCCCC1. The van der Waals surface area contributed by atoms with Crippen molar-refractivity contribution in [2.24, 2.45) is 0 Å². The number of piperidine rings is 1. The summed E-state index contributed by atoms with van der Waals surface area (Å²) in [5.74, 6) is -0.221. The fourth-order valence-electron chi connectivity index (χ4n) is 3.18. The molecule has 1 fully saturated rings. The molecule has 0 aliphatic carbocycles. The molecule has 1 amide bonds. The van der Waals surface area contributed by atoms with Gasteiger partial charge in [0, 0.05) is 18.9 Å². The Morgan fingerprint density at radius 1 is 1.12 bits per heavy atom. The van der Waals surface area contributed by atoms with Gasteiger partial charge in [-0.1, -0.05) is 12.8 Å². The summed E-state index contributed by atoms with van der Waals surface area (Å²) in [6.45, 7) is 4.95. The summed E-state index contributed by atoms with van der Waals surface area (Å²) in [6, 6.07) is 4.47. The number of nitrogens with one attached hydrogen (secondary N) is 1. The maximum atomic E-state index is 12.4. The molecule has 0 radical (unpaired) electrons. The van der Waals surface area contributed by atoms with E-state index < -0.39 is 0 Å². The van der Waals surface area contributed by atoms with E-state index in [2.05, 4.69) is 10.2 Å². The van der Waals surface area contributed by atoms with E-state index in [1.807, 2.05) is 0 Å². The molecular formula is C19H28N2O3.